The third-order valence-electron chi connectivity index (χ3n) is 5.11. The molecule has 0 aromatic heterocycles. The van der Waals surface area contributed by atoms with Crippen molar-refractivity contribution >= 4 is 45.8 Å². The molecule has 3 rings (SSSR count). The molecule has 1 N–H and O–H groups in total. The van der Waals surface area contributed by atoms with Crippen LogP contribution in [-0.4, -0.2) is 32.8 Å². The van der Waals surface area contributed by atoms with Crippen LogP contribution in [0.25, 0.3) is 0 Å². The molecule has 1 saturated heterocycles. The van der Waals surface area contributed by atoms with Crippen molar-refractivity contribution in [3.8, 4) is 0 Å². The maximum Gasteiger partial charge on any atom is 0.242 e. The number of anilines is 1. The van der Waals surface area contributed by atoms with Gasteiger partial charge in [-0.3, -0.25) is 14.5 Å². The third kappa shape index (κ3) is 5.25. The van der Waals surface area contributed by atoms with Crippen LogP contribution in [0.2, 0.25) is 0 Å². The minimum atomic E-state index is -0.447. The number of thioether (sulfide) groups is 1. The van der Waals surface area contributed by atoms with Gasteiger partial charge >= 0.3 is 0 Å². The molecule has 6 heteroatoms. The predicted octanol–water partition coefficient (Wildman–Crippen LogP) is 4.61. The lowest BCUT2D eigenvalue weighted by Gasteiger charge is -2.16. The average Bonchev–Trinajstić information content (AvgIpc) is 2.99. The second-order valence-electron chi connectivity index (χ2n) is 7.01. The summed E-state index contributed by atoms with van der Waals surface area (Å²) in [6.07, 6.45) is 2.57. The van der Waals surface area contributed by atoms with Crippen molar-refractivity contribution in [3.05, 3.63) is 65.2 Å². The molecule has 1 aliphatic heterocycles. The van der Waals surface area contributed by atoms with Crippen LogP contribution in [0.1, 0.15) is 37.0 Å². The van der Waals surface area contributed by atoms with E-state index in [2.05, 4.69) is 19.2 Å². The van der Waals surface area contributed by atoms with Crippen molar-refractivity contribution in [3.63, 3.8) is 0 Å². The first-order chi connectivity index (χ1) is 14.0. The van der Waals surface area contributed by atoms with E-state index in [-0.39, 0.29) is 18.2 Å². The SMILES string of the molecule is CCc1cccc(CC)c1NC(=O)CC1SC(=S)N(CCc2ccccc2)C1=O. The number of carbonyl (C=O) groups excluding carboxylic acids is 2. The van der Waals surface area contributed by atoms with Gasteiger partial charge in [-0.1, -0.05) is 86.4 Å². The molecule has 0 spiro atoms. The zero-order valence-corrected chi connectivity index (χ0v) is 18.4. The molecule has 2 aromatic rings. The van der Waals surface area contributed by atoms with Gasteiger partial charge in [0.05, 0.1) is 5.25 Å². The summed E-state index contributed by atoms with van der Waals surface area (Å²) in [4.78, 5) is 27.2. The Hall–Kier alpha value is -2.18. The van der Waals surface area contributed by atoms with Crippen molar-refractivity contribution in [2.45, 2.75) is 44.8 Å². The molecule has 1 atom stereocenters. The van der Waals surface area contributed by atoms with Crippen molar-refractivity contribution < 1.29 is 9.59 Å². The van der Waals surface area contributed by atoms with Gasteiger partial charge < -0.3 is 5.32 Å². The van der Waals surface area contributed by atoms with Crippen molar-refractivity contribution in [2.75, 3.05) is 11.9 Å². The first kappa shape index (κ1) is 21.5. The Bertz CT molecular complexity index is 877. The van der Waals surface area contributed by atoms with E-state index < -0.39 is 5.25 Å². The molecule has 0 bridgehead atoms. The van der Waals surface area contributed by atoms with Crippen molar-refractivity contribution in [1.29, 1.82) is 0 Å². The molecule has 29 heavy (non-hydrogen) atoms. The molecule has 0 aliphatic carbocycles. The summed E-state index contributed by atoms with van der Waals surface area (Å²) < 4.78 is 0.562. The number of thiocarbonyl (C=S) groups is 1. The molecule has 4 nitrogen and oxygen atoms in total. The van der Waals surface area contributed by atoms with Crippen LogP contribution in [0, 0.1) is 0 Å². The van der Waals surface area contributed by atoms with Crippen LogP contribution in [0.4, 0.5) is 5.69 Å². The summed E-state index contributed by atoms with van der Waals surface area (Å²) in [5.41, 5.74) is 4.28. The zero-order chi connectivity index (χ0) is 20.8. The first-order valence-electron chi connectivity index (χ1n) is 10.00. The standard InChI is InChI=1S/C23H26N2O2S2/c1-3-17-11-8-12-18(4-2)21(17)24-20(26)15-19-22(27)25(23(28)29-19)14-13-16-9-6-5-7-10-16/h5-12,19H,3-4,13-15H2,1-2H3,(H,24,26). The quantitative estimate of drug-likeness (QED) is 0.626. The van der Waals surface area contributed by atoms with E-state index in [1.165, 1.54) is 11.8 Å². The molecule has 2 amide bonds. The number of nitrogens with zero attached hydrogens (tertiary/aromatic N) is 1. The monoisotopic (exact) mass is 426 g/mol. The fourth-order valence-electron chi connectivity index (χ4n) is 3.48. The van der Waals surface area contributed by atoms with Gasteiger partial charge in [0.25, 0.3) is 0 Å². The second kappa shape index (κ2) is 10.0. The molecule has 152 valence electrons. The summed E-state index contributed by atoms with van der Waals surface area (Å²) in [7, 11) is 0. The molecule has 1 aliphatic rings. The number of benzene rings is 2. The molecule has 1 fully saturated rings. The molecule has 2 aromatic carbocycles. The van der Waals surface area contributed by atoms with E-state index in [4.69, 9.17) is 12.2 Å². The number of amides is 2. The normalized spacial score (nSPS) is 16.3. The number of carbonyl (C=O) groups is 2. The molecule has 0 saturated carbocycles. The zero-order valence-electron chi connectivity index (χ0n) is 16.8. The fourth-order valence-corrected chi connectivity index (χ4v) is 5.02. The highest BCUT2D eigenvalue weighted by Gasteiger charge is 2.37. The highest BCUT2D eigenvalue weighted by Crippen LogP contribution is 2.31. The van der Waals surface area contributed by atoms with Crippen molar-refractivity contribution in [1.82, 2.24) is 4.90 Å². The summed E-state index contributed by atoms with van der Waals surface area (Å²) in [6.45, 7) is 4.69. The van der Waals surface area contributed by atoms with Gasteiger partial charge in [0, 0.05) is 18.7 Å². The predicted molar refractivity (Wildman–Crippen MR) is 124 cm³/mol. The van der Waals surface area contributed by atoms with E-state index in [0.717, 1.165) is 41.6 Å². The van der Waals surface area contributed by atoms with E-state index in [1.807, 2.05) is 48.5 Å². The lowest BCUT2D eigenvalue weighted by Crippen LogP contribution is -2.34. The Morgan fingerprint density at radius 2 is 1.72 bits per heavy atom. The summed E-state index contributed by atoms with van der Waals surface area (Å²) in [5, 5.41) is 2.60. The maximum atomic E-state index is 12.8. The highest BCUT2D eigenvalue weighted by atomic mass is 32.2. The molecule has 0 radical (unpaired) electrons. The van der Waals surface area contributed by atoms with Crippen LogP contribution in [0.15, 0.2) is 48.5 Å². The van der Waals surface area contributed by atoms with Crippen LogP contribution in [0.3, 0.4) is 0 Å². The Kier molecular flexibility index (Phi) is 7.45. The molecule has 1 heterocycles. The van der Waals surface area contributed by atoms with Crippen LogP contribution >= 0.6 is 24.0 Å². The van der Waals surface area contributed by atoms with E-state index in [9.17, 15) is 9.59 Å². The summed E-state index contributed by atoms with van der Waals surface area (Å²) >= 11 is 6.73. The van der Waals surface area contributed by atoms with E-state index >= 15 is 0 Å². The largest absolute Gasteiger partial charge is 0.326 e. The maximum absolute atomic E-state index is 12.8. The first-order valence-corrected chi connectivity index (χ1v) is 11.3. The second-order valence-corrected chi connectivity index (χ2v) is 8.85. The van der Waals surface area contributed by atoms with E-state index in [1.54, 1.807) is 4.90 Å². The summed E-state index contributed by atoms with van der Waals surface area (Å²) in [6, 6.07) is 16.1. The fraction of sp³-hybridized carbons (Fsp3) is 0.348. The Balaban J connectivity index is 1.61. The number of para-hydroxylation sites is 1. The van der Waals surface area contributed by atoms with Gasteiger partial charge in [0.15, 0.2) is 0 Å². The highest BCUT2D eigenvalue weighted by molar-refractivity contribution is 8.24. The number of aryl methyl sites for hydroxylation is 2. The number of rotatable bonds is 8. The Morgan fingerprint density at radius 1 is 1.07 bits per heavy atom. The number of nitrogens with one attached hydrogen (secondary N) is 1. The van der Waals surface area contributed by atoms with Gasteiger partial charge in [-0.05, 0) is 36.0 Å². The van der Waals surface area contributed by atoms with Gasteiger partial charge in [-0.15, -0.1) is 0 Å². The number of hydrogen-bond donors (Lipinski definition) is 1. The average molecular weight is 427 g/mol. The Morgan fingerprint density at radius 3 is 2.34 bits per heavy atom. The Labute approximate surface area is 182 Å². The lowest BCUT2D eigenvalue weighted by molar-refractivity contribution is -0.128. The molecule has 1 unspecified atom stereocenters. The minimum Gasteiger partial charge on any atom is -0.326 e. The van der Waals surface area contributed by atoms with Crippen LogP contribution < -0.4 is 5.32 Å². The van der Waals surface area contributed by atoms with Gasteiger partial charge in [-0.25, -0.2) is 0 Å². The number of hydrogen-bond acceptors (Lipinski definition) is 4. The molecular formula is C23H26N2O2S2. The molecular weight excluding hydrogens is 400 g/mol. The minimum absolute atomic E-state index is 0.0643. The van der Waals surface area contributed by atoms with Gasteiger partial charge in [0.2, 0.25) is 11.8 Å². The topological polar surface area (TPSA) is 49.4 Å². The van der Waals surface area contributed by atoms with Crippen LogP contribution in [0.5, 0.6) is 0 Å². The summed E-state index contributed by atoms with van der Waals surface area (Å²) in [5.74, 6) is -0.204. The smallest absolute Gasteiger partial charge is 0.242 e. The van der Waals surface area contributed by atoms with Crippen molar-refractivity contribution in [2.24, 2.45) is 0 Å². The van der Waals surface area contributed by atoms with Crippen LogP contribution in [-0.2, 0) is 28.9 Å². The van der Waals surface area contributed by atoms with E-state index in [0.29, 0.717) is 10.9 Å². The van der Waals surface area contributed by atoms with Gasteiger partial charge in [0.1, 0.15) is 4.32 Å². The third-order valence-corrected chi connectivity index (χ3v) is 6.69. The lowest BCUT2D eigenvalue weighted by atomic mass is 10.0. The van der Waals surface area contributed by atoms with Gasteiger partial charge in [-0.2, -0.15) is 0 Å².